The van der Waals surface area contributed by atoms with Crippen LogP contribution in [0.4, 0.5) is 0 Å². The molecule has 0 saturated carbocycles. The summed E-state index contributed by atoms with van der Waals surface area (Å²) in [6.45, 7) is 1.06. The van der Waals surface area contributed by atoms with Crippen LogP contribution in [-0.4, -0.2) is 28.7 Å². The highest BCUT2D eigenvalue weighted by atomic mass is 32.2. The smallest absolute Gasteiger partial charge is 0.300 e. The topological polar surface area (TPSA) is 126 Å². The molecule has 16 heavy (non-hydrogen) atoms. The fourth-order valence-electron chi connectivity index (χ4n) is 0.972. The molecule has 1 aromatic rings. The standard InChI is InChI=1S/C7H8N2O6S/c1-4(10)8-9-6(11)3-2-5(7(9)12)16(13,14)15/h2-3,11H,1H3,(H,8,10)(H,13,14,15). The molecule has 0 radical (unpaired) electrons. The predicted octanol–water partition coefficient (Wildman–Crippen LogP) is -1.11. The first-order valence-corrected chi connectivity index (χ1v) is 5.37. The van der Waals surface area contributed by atoms with Crippen LogP contribution in [0.15, 0.2) is 21.8 Å². The average Bonchev–Trinajstić information content (AvgIpc) is 2.09. The van der Waals surface area contributed by atoms with Gasteiger partial charge in [-0.2, -0.15) is 13.1 Å². The second kappa shape index (κ2) is 3.94. The minimum atomic E-state index is -4.70. The Morgan fingerprint density at radius 1 is 1.44 bits per heavy atom. The summed E-state index contributed by atoms with van der Waals surface area (Å²) in [7, 11) is -4.70. The molecule has 0 unspecified atom stereocenters. The van der Waals surface area contributed by atoms with Gasteiger partial charge < -0.3 is 5.11 Å². The Bertz CT molecular complexity index is 587. The van der Waals surface area contributed by atoms with Crippen LogP contribution in [0.2, 0.25) is 0 Å². The van der Waals surface area contributed by atoms with Gasteiger partial charge in [0.25, 0.3) is 15.7 Å². The summed E-state index contributed by atoms with van der Waals surface area (Å²) < 4.78 is 30.5. The monoisotopic (exact) mass is 248 g/mol. The molecule has 1 heterocycles. The van der Waals surface area contributed by atoms with Crippen molar-refractivity contribution in [3.63, 3.8) is 0 Å². The molecule has 1 amide bonds. The van der Waals surface area contributed by atoms with Gasteiger partial charge in [0.1, 0.15) is 0 Å². The summed E-state index contributed by atoms with van der Waals surface area (Å²) in [5.74, 6) is -1.35. The van der Waals surface area contributed by atoms with Crippen LogP contribution in [0.3, 0.4) is 0 Å². The molecule has 9 heteroatoms. The molecule has 3 N–H and O–H groups in total. The minimum absolute atomic E-state index is 0.311. The maximum absolute atomic E-state index is 11.4. The van der Waals surface area contributed by atoms with Crippen LogP contribution in [0, 0.1) is 0 Å². The van der Waals surface area contributed by atoms with Gasteiger partial charge in [-0.05, 0) is 6.07 Å². The molecule has 0 bridgehead atoms. The summed E-state index contributed by atoms with van der Waals surface area (Å²) in [5, 5.41) is 9.20. The van der Waals surface area contributed by atoms with E-state index in [9.17, 15) is 23.1 Å². The molecule has 0 atom stereocenters. The van der Waals surface area contributed by atoms with E-state index in [-0.39, 0.29) is 0 Å². The Morgan fingerprint density at radius 2 is 2.00 bits per heavy atom. The van der Waals surface area contributed by atoms with Gasteiger partial charge in [0.2, 0.25) is 11.8 Å². The van der Waals surface area contributed by atoms with Gasteiger partial charge >= 0.3 is 0 Å². The second-order valence-electron chi connectivity index (χ2n) is 2.84. The first-order valence-electron chi connectivity index (χ1n) is 3.93. The van der Waals surface area contributed by atoms with Gasteiger partial charge in [0, 0.05) is 13.0 Å². The fourth-order valence-corrected chi connectivity index (χ4v) is 1.52. The van der Waals surface area contributed by atoms with Crippen molar-refractivity contribution in [2.24, 2.45) is 0 Å². The molecule has 1 aromatic heterocycles. The van der Waals surface area contributed by atoms with E-state index in [4.69, 9.17) is 4.55 Å². The van der Waals surface area contributed by atoms with Crippen LogP contribution < -0.4 is 11.0 Å². The van der Waals surface area contributed by atoms with Gasteiger partial charge in [-0.1, -0.05) is 0 Å². The van der Waals surface area contributed by atoms with Crippen molar-refractivity contribution in [2.45, 2.75) is 11.8 Å². The molecule has 1 rings (SSSR count). The number of pyridine rings is 1. The number of nitrogens with zero attached hydrogens (tertiary/aromatic N) is 1. The molecule has 0 aliphatic carbocycles. The van der Waals surface area contributed by atoms with Crippen LogP contribution in [0.5, 0.6) is 5.88 Å². The van der Waals surface area contributed by atoms with Crippen molar-refractivity contribution in [3.8, 4) is 5.88 Å². The van der Waals surface area contributed by atoms with Crippen molar-refractivity contribution in [1.82, 2.24) is 4.68 Å². The van der Waals surface area contributed by atoms with E-state index >= 15 is 0 Å². The van der Waals surface area contributed by atoms with E-state index < -0.39 is 32.4 Å². The Hall–Kier alpha value is -1.87. The molecule has 8 nitrogen and oxygen atoms in total. The molecule has 88 valence electrons. The SMILES string of the molecule is CC(=O)Nn1c(O)ccc(S(=O)(=O)O)c1=O. The lowest BCUT2D eigenvalue weighted by Crippen LogP contribution is -2.34. The fraction of sp³-hybridized carbons (Fsp3) is 0.143. The molecule has 0 spiro atoms. The maximum atomic E-state index is 11.4. The van der Waals surface area contributed by atoms with E-state index in [1.807, 2.05) is 5.43 Å². The van der Waals surface area contributed by atoms with Crippen molar-refractivity contribution in [2.75, 3.05) is 5.43 Å². The molecule has 0 fully saturated rings. The maximum Gasteiger partial charge on any atom is 0.300 e. The number of aromatic hydroxyl groups is 1. The quantitative estimate of drug-likeness (QED) is 0.570. The molecule has 0 aliphatic rings. The van der Waals surface area contributed by atoms with E-state index in [2.05, 4.69) is 0 Å². The third-order valence-electron chi connectivity index (χ3n) is 1.57. The van der Waals surface area contributed by atoms with Crippen molar-refractivity contribution in [1.29, 1.82) is 0 Å². The number of aromatic nitrogens is 1. The minimum Gasteiger partial charge on any atom is -0.493 e. The number of carbonyl (C=O) groups is 1. The van der Waals surface area contributed by atoms with Crippen molar-refractivity contribution >= 4 is 16.0 Å². The number of nitrogens with one attached hydrogen (secondary N) is 1. The van der Waals surface area contributed by atoms with E-state index in [1.165, 1.54) is 0 Å². The Labute approximate surface area is 89.9 Å². The number of rotatable bonds is 2. The lowest BCUT2D eigenvalue weighted by Gasteiger charge is -2.08. The summed E-state index contributed by atoms with van der Waals surface area (Å²) in [4.78, 5) is 21.2. The highest BCUT2D eigenvalue weighted by molar-refractivity contribution is 7.85. The third kappa shape index (κ3) is 2.38. The van der Waals surface area contributed by atoms with E-state index in [0.717, 1.165) is 19.1 Å². The van der Waals surface area contributed by atoms with Gasteiger partial charge in [-0.25, -0.2) is 0 Å². The molecule has 0 aliphatic heterocycles. The number of hydrogen-bond donors (Lipinski definition) is 3. The average molecular weight is 248 g/mol. The number of hydrogen-bond acceptors (Lipinski definition) is 5. The third-order valence-corrected chi connectivity index (χ3v) is 2.44. The van der Waals surface area contributed by atoms with Crippen LogP contribution >= 0.6 is 0 Å². The van der Waals surface area contributed by atoms with E-state index in [1.54, 1.807) is 0 Å². The Kier molecular flexibility index (Phi) is 3.01. The lowest BCUT2D eigenvalue weighted by atomic mass is 10.5. The second-order valence-corrected chi connectivity index (χ2v) is 4.23. The normalized spacial score (nSPS) is 11.1. The van der Waals surface area contributed by atoms with Crippen LogP contribution in [0.1, 0.15) is 6.92 Å². The lowest BCUT2D eigenvalue weighted by molar-refractivity contribution is -0.115. The zero-order valence-electron chi connectivity index (χ0n) is 8.04. The van der Waals surface area contributed by atoms with Gasteiger partial charge in [-0.3, -0.25) is 19.6 Å². The van der Waals surface area contributed by atoms with E-state index in [0.29, 0.717) is 4.68 Å². The van der Waals surface area contributed by atoms with Crippen molar-refractivity contribution in [3.05, 3.63) is 22.5 Å². The molecule has 0 aromatic carbocycles. The van der Waals surface area contributed by atoms with Crippen molar-refractivity contribution < 1.29 is 22.9 Å². The summed E-state index contributed by atoms with van der Waals surface area (Å²) in [6, 6.07) is 1.58. The number of carbonyl (C=O) groups excluding carboxylic acids is 1. The van der Waals surface area contributed by atoms with Gasteiger partial charge in [-0.15, -0.1) is 0 Å². The Morgan fingerprint density at radius 3 is 2.44 bits per heavy atom. The highest BCUT2D eigenvalue weighted by Gasteiger charge is 2.18. The van der Waals surface area contributed by atoms with Gasteiger partial charge in [0.05, 0.1) is 0 Å². The molecule has 0 saturated heterocycles. The summed E-state index contributed by atoms with van der Waals surface area (Å²) in [5.41, 5.74) is 0.641. The molecular weight excluding hydrogens is 240 g/mol. The predicted molar refractivity (Wildman–Crippen MR) is 52.2 cm³/mol. The first-order chi connectivity index (χ1) is 7.23. The first kappa shape index (κ1) is 12.2. The zero-order chi connectivity index (χ0) is 12.5. The highest BCUT2D eigenvalue weighted by Crippen LogP contribution is 2.08. The van der Waals surface area contributed by atoms with Crippen LogP contribution in [-0.2, 0) is 14.9 Å². The molecular formula is C7H8N2O6S. The number of amides is 1. The largest absolute Gasteiger partial charge is 0.493 e. The van der Waals surface area contributed by atoms with Crippen LogP contribution in [0.25, 0.3) is 0 Å². The summed E-state index contributed by atoms with van der Waals surface area (Å²) >= 11 is 0. The summed E-state index contributed by atoms with van der Waals surface area (Å²) in [6.07, 6.45) is 0. The Balaban J connectivity index is 3.51. The zero-order valence-corrected chi connectivity index (χ0v) is 8.85. The van der Waals surface area contributed by atoms with Gasteiger partial charge in [0.15, 0.2) is 4.90 Å².